The van der Waals surface area contributed by atoms with Gasteiger partial charge in [0.05, 0.1) is 10.5 Å². The van der Waals surface area contributed by atoms with Crippen molar-refractivity contribution in [2.24, 2.45) is 0 Å². The normalized spacial score (nSPS) is 10.1. The van der Waals surface area contributed by atoms with Gasteiger partial charge in [-0.2, -0.15) is 0 Å². The van der Waals surface area contributed by atoms with E-state index in [0.717, 1.165) is 17.2 Å². The lowest BCUT2D eigenvalue weighted by Gasteiger charge is -2.09. The molecule has 2 aromatic rings. The molecule has 6 heteroatoms. The van der Waals surface area contributed by atoms with Crippen molar-refractivity contribution in [2.75, 3.05) is 5.32 Å². The van der Waals surface area contributed by atoms with E-state index in [1.165, 1.54) is 12.1 Å². The summed E-state index contributed by atoms with van der Waals surface area (Å²) < 4.78 is 0. The van der Waals surface area contributed by atoms with Crippen LogP contribution in [-0.4, -0.2) is 16.0 Å². The first-order chi connectivity index (χ1) is 9.97. The molecule has 0 heterocycles. The first-order valence-corrected chi connectivity index (χ1v) is 6.28. The minimum Gasteiger partial charge on any atom is -0.478 e. The number of nitro groups is 1. The summed E-state index contributed by atoms with van der Waals surface area (Å²) in [7, 11) is 0. The van der Waals surface area contributed by atoms with Crippen molar-refractivity contribution in [1.29, 1.82) is 0 Å². The van der Waals surface area contributed by atoms with Gasteiger partial charge >= 0.3 is 5.97 Å². The molecular formula is C15H14N2O4. The molecule has 0 aliphatic carbocycles. The molecule has 0 amide bonds. The zero-order chi connectivity index (χ0) is 15.4. The monoisotopic (exact) mass is 286 g/mol. The van der Waals surface area contributed by atoms with E-state index in [1.807, 2.05) is 31.2 Å². The highest BCUT2D eigenvalue weighted by Gasteiger charge is 2.15. The van der Waals surface area contributed by atoms with E-state index in [-0.39, 0.29) is 11.3 Å². The van der Waals surface area contributed by atoms with Gasteiger partial charge in [0.2, 0.25) is 0 Å². The van der Waals surface area contributed by atoms with E-state index < -0.39 is 10.9 Å². The van der Waals surface area contributed by atoms with E-state index in [0.29, 0.717) is 12.2 Å². The number of benzene rings is 2. The lowest BCUT2D eigenvalue weighted by Crippen LogP contribution is -2.07. The smallest absolute Gasteiger partial charge is 0.338 e. The van der Waals surface area contributed by atoms with Crippen LogP contribution in [0.1, 0.15) is 21.5 Å². The number of carboxylic acids is 1. The zero-order valence-electron chi connectivity index (χ0n) is 11.4. The zero-order valence-corrected chi connectivity index (χ0v) is 11.4. The number of hydrogen-bond acceptors (Lipinski definition) is 4. The van der Waals surface area contributed by atoms with Gasteiger partial charge in [-0.15, -0.1) is 0 Å². The number of nitrogens with one attached hydrogen (secondary N) is 1. The number of anilines is 1. The van der Waals surface area contributed by atoms with Gasteiger partial charge in [0.1, 0.15) is 0 Å². The van der Waals surface area contributed by atoms with Crippen molar-refractivity contribution < 1.29 is 14.8 Å². The van der Waals surface area contributed by atoms with E-state index in [2.05, 4.69) is 5.32 Å². The summed E-state index contributed by atoms with van der Waals surface area (Å²) in [5.41, 5.74) is 2.13. The Labute approximate surface area is 121 Å². The van der Waals surface area contributed by atoms with Crippen molar-refractivity contribution in [3.05, 3.63) is 69.3 Å². The van der Waals surface area contributed by atoms with Crippen LogP contribution in [0.25, 0.3) is 0 Å². The molecule has 0 saturated heterocycles. The summed E-state index contributed by atoms with van der Waals surface area (Å²) in [6, 6.07) is 11.6. The molecule has 0 unspecified atom stereocenters. The van der Waals surface area contributed by atoms with Gasteiger partial charge in [-0.1, -0.05) is 29.8 Å². The molecule has 2 aromatic carbocycles. The number of carboxylic acid groups (broad SMARTS) is 1. The highest BCUT2D eigenvalue weighted by molar-refractivity contribution is 5.95. The fourth-order valence-electron chi connectivity index (χ4n) is 1.88. The molecule has 108 valence electrons. The summed E-state index contributed by atoms with van der Waals surface area (Å²) >= 11 is 0. The van der Waals surface area contributed by atoms with Crippen molar-refractivity contribution in [3.8, 4) is 0 Å². The molecule has 0 spiro atoms. The summed E-state index contributed by atoms with van der Waals surface area (Å²) in [6.45, 7) is 2.43. The van der Waals surface area contributed by atoms with Gasteiger partial charge in [-0.25, -0.2) is 4.79 Å². The average molecular weight is 286 g/mol. The molecule has 0 fully saturated rings. The summed E-state index contributed by atoms with van der Waals surface area (Å²) in [6.07, 6.45) is 0. The van der Waals surface area contributed by atoms with Crippen LogP contribution in [0, 0.1) is 17.0 Å². The first-order valence-electron chi connectivity index (χ1n) is 6.28. The Hall–Kier alpha value is -2.89. The van der Waals surface area contributed by atoms with Gasteiger partial charge in [-0.05, 0) is 18.6 Å². The Balaban J connectivity index is 2.21. The summed E-state index contributed by atoms with van der Waals surface area (Å²) in [5.74, 6) is -1.20. The van der Waals surface area contributed by atoms with Gasteiger partial charge in [-0.3, -0.25) is 10.1 Å². The third-order valence-corrected chi connectivity index (χ3v) is 3.05. The Bertz CT molecular complexity index is 681. The number of hydrogen-bond donors (Lipinski definition) is 2. The minimum absolute atomic E-state index is 0.115. The maximum atomic E-state index is 11.2. The Morgan fingerprint density at radius 3 is 2.48 bits per heavy atom. The number of rotatable bonds is 5. The topological polar surface area (TPSA) is 92.5 Å². The van der Waals surface area contributed by atoms with Gasteiger partial charge in [0.15, 0.2) is 0 Å². The largest absolute Gasteiger partial charge is 0.478 e. The number of aryl methyl sites for hydroxylation is 1. The fraction of sp³-hybridized carbons (Fsp3) is 0.133. The van der Waals surface area contributed by atoms with Crippen LogP contribution >= 0.6 is 0 Å². The molecule has 0 saturated carbocycles. The van der Waals surface area contributed by atoms with Crippen molar-refractivity contribution in [3.63, 3.8) is 0 Å². The predicted octanol–water partition coefficient (Wildman–Crippen LogP) is 3.21. The van der Waals surface area contributed by atoms with Crippen LogP contribution in [0.4, 0.5) is 11.4 Å². The van der Waals surface area contributed by atoms with Crippen LogP contribution in [0.5, 0.6) is 0 Å². The maximum absolute atomic E-state index is 11.2. The van der Waals surface area contributed by atoms with Crippen LogP contribution in [0.3, 0.4) is 0 Å². The van der Waals surface area contributed by atoms with Gasteiger partial charge < -0.3 is 10.4 Å². The van der Waals surface area contributed by atoms with E-state index in [1.54, 1.807) is 0 Å². The molecular weight excluding hydrogens is 272 g/mol. The van der Waals surface area contributed by atoms with Crippen molar-refractivity contribution in [2.45, 2.75) is 13.5 Å². The lowest BCUT2D eigenvalue weighted by molar-refractivity contribution is -0.384. The molecule has 6 nitrogen and oxygen atoms in total. The Kier molecular flexibility index (Phi) is 4.18. The second-order valence-corrected chi connectivity index (χ2v) is 4.63. The third-order valence-electron chi connectivity index (χ3n) is 3.05. The number of nitrogens with zero attached hydrogens (tertiary/aromatic N) is 1. The molecule has 2 rings (SSSR count). The average Bonchev–Trinajstić information content (AvgIpc) is 2.46. The second kappa shape index (κ2) is 6.04. The van der Waals surface area contributed by atoms with Gasteiger partial charge in [0.25, 0.3) is 5.69 Å². The highest BCUT2D eigenvalue weighted by atomic mass is 16.6. The van der Waals surface area contributed by atoms with Gasteiger partial charge in [0, 0.05) is 24.4 Å². The highest BCUT2D eigenvalue weighted by Crippen LogP contribution is 2.22. The lowest BCUT2D eigenvalue weighted by atomic mass is 10.1. The fourth-order valence-corrected chi connectivity index (χ4v) is 1.88. The molecule has 0 bridgehead atoms. The Morgan fingerprint density at radius 1 is 1.24 bits per heavy atom. The number of non-ortho nitro benzene ring substituents is 1. The first kappa shape index (κ1) is 14.5. The number of nitro benzene ring substituents is 1. The van der Waals surface area contributed by atoms with E-state index in [4.69, 9.17) is 5.11 Å². The Morgan fingerprint density at radius 2 is 1.90 bits per heavy atom. The third kappa shape index (κ3) is 3.56. The minimum atomic E-state index is -1.20. The molecule has 0 aliphatic heterocycles. The quantitative estimate of drug-likeness (QED) is 0.650. The molecule has 0 aliphatic rings. The standard InChI is InChI=1S/C15H14N2O4/c1-10-2-4-11(5-3-10)9-16-14-7-6-12(17(20)21)8-13(14)15(18)19/h2-8,16H,9H2,1H3,(H,18,19). The molecule has 2 N–H and O–H groups in total. The predicted molar refractivity (Wildman–Crippen MR) is 78.6 cm³/mol. The number of aromatic carboxylic acids is 1. The second-order valence-electron chi connectivity index (χ2n) is 4.63. The van der Waals surface area contributed by atoms with Crippen LogP contribution < -0.4 is 5.32 Å². The number of carbonyl (C=O) groups is 1. The van der Waals surface area contributed by atoms with E-state index in [9.17, 15) is 14.9 Å². The maximum Gasteiger partial charge on any atom is 0.338 e. The summed E-state index contributed by atoms with van der Waals surface area (Å²) in [4.78, 5) is 21.3. The molecule has 21 heavy (non-hydrogen) atoms. The van der Waals surface area contributed by atoms with Crippen molar-refractivity contribution >= 4 is 17.3 Å². The van der Waals surface area contributed by atoms with E-state index >= 15 is 0 Å². The molecule has 0 atom stereocenters. The SMILES string of the molecule is Cc1ccc(CNc2ccc([N+](=O)[O-])cc2C(=O)O)cc1. The molecule has 0 aromatic heterocycles. The molecule has 0 radical (unpaired) electrons. The van der Waals surface area contributed by atoms with Crippen LogP contribution in [-0.2, 0) is 6.54 Å². The van der Waals surface area contributed by atoms with Crippen LogP contribution in [0.2, 0.25) is 0 Å². The van der Waals surface area contributed by atoms with Crippen molar-refractivity contribution in [1.82, 2.24) is 0 Å². The van der Waals surface area contributed by atoms with Crippen LogP contribution in [0.15, 0.2) is 42.5 Å². The summed E-state index contributed by atoms with van der Waals surface area (Å²) in [5, 5.41) is 22.8.